The van der Waals surface area contributed by atoms with E-state index in [1.165, 1.54) is 33.4 Å². The first-order valence-corrected chi connectivity index (χ1v) is 9.49. The van der Waals surface area contributed by atoms with Crippen LogP contribution in [0.3, 0.4) is 0 Å². The van der Waals surface area contributed by atoms with E-state index in [9.17, 15) is 0 Å². The molecule has 0 spiro atoms. The lowest BCUT2D eigenvalue weighted by atomic mass is 9.90. The molecule has 3 aromatic rings. The van der Waals surface area contributed by atoms with Gasteiger partial charge in [0.05, 0.1) is 0 Å². The van der Waals surface area contributed by atoms with E-state index in [1.54, 1.807) is 0 Å². The van der Waals surface area contributed by atoms with Gasteiger partial charge in [-0.2, -0.15) is 0 Å². The van der Waals surface area contributed by atoms with Gasteiger partial charge in [0, 0.05) is 11.8 Å². The molecule has 0 saturated heterocycles. The van der Waals surface area contributed by atoms with Crippen LogP contribution in [-0.2, 0) is 12.8 Å². The molecule has 26 heavy (non-hydrogen) atoms. The zero-order chi connectivity index (χ0) is 17.3. The van der Waals surface area contributed by atoms with Crippen molar-refractivity contribution < 1.29 is 0 Å². The number of benzene rings is 3. The molecular formula is C26H22. The van der Waals surface area contributed by atoms with E-state index in [0.29, 0.717) is 11.8 Å². The second-order valence-corrected chi connectivity index (χ2v) is 7.42. The number of allylic oxidation sites excluding steroid dienone is 2. The average Bonchev–Trinajstić information content (AvgIpc) is 3.27. The van der Waals surface area contributed by atoms with Crippen LogP contribution < -0.4 is 0 Å². The predicted octanol–water partition coefficient (Wildman–Crippen LogP) is 6.39. The number of hydrogen-bond donors (Lipinski definition) is 0. The van der Waals surface area contributed by atoms with Gasteiger partial charge in [0.2, 0.25) is 0 Å². The maximum atomic E-state index is 2.41. The Morgan fingerprint density at radius 2 is 1.04 bits per heavy atom. The lowest BCUT2D eigenvalue weighted by molar-refractivity contribution is 0.829. The third-order valence-corrected chi connectivity index (χ3v) is 5.71. The van der Waals surface area contributed by atoms with Gasteiger partial charge in [-0.1, -0.05) is 97.1 Å². The summed E-state index contributed by atoms with van der Waals surface area (Å²) in [5, 5.41) is 0. The Bertz CT molecular complexity index is 927. The van der Waals surface area contributed by atoms with E-state index in [2.05, 4.69) is 97.1 Å². The smallest absolute Gasteiger partial charge is 0.00676 e. The van der Waals surface area contributed by atoms with Crippen LogP contribution in [0.25, 0.3) is 12.2 Å². The van der Waals surface area contributed by atoms with Crippen molar-refractivity contribution in [2.24, 2.45) is 0 Å². The van der Waals surface area contributed by atoms with Crippen molar-refractivity contribution in [2.45, 2.75) is 24.7 Å². The van der Waals surface area contributed by atoms with Gasteiger partial charge in [-0.25, -0.2) is 0 Å². The number of fused-ring (bicyclic) bond motifs is 2. The van der Waals surface area contributed by atoms with Crippen molar-refractivity contribution in [3.63, 3.8) is 0 Å². The molecular weight excluding hydrogens is 312 g/mol. The van der Waals surface area contributed by atoms with Gasteiger partial charge < -0.3 is 0 Å². The van der Waals surface area contributed by atoms with Crippen LogP contribution in [-0.4, -0.2) is 0 Å². The Morgan fingerprint density at radius 3 is 1.58 bits per heavy atom. The molecule has 126 valence electrons. The van der Waals surface area contributed by atoms with Crippen LogP contribution in [0.4, 0.5) is 0 Å². The van der Waals surface area contributed by atoms with Crippen LogP contribution in [0.1, 0.15) is 45.2 Å². The van der Waals surface area contributed by atoms with Crippen molar-refractivity contribution in [3.8, 4) is 0 Å². The largest absolute Gasteiger partial charge is 0.0760 e. The first kappa shape index (κ1) is 15.4. The fourth-order valence-corrected chi connectivity index (χ4v) is 4.40. The molecule has 2 atom stereocenters. The van der Waals surface area contributed by atoms with E-state index in [4.69, 9.17) is 0 Å². The van der Waals surface area contributed by atoms with Gasteiger partial charge in [-0.3, -0.25) is 0 Å². The fraction of sp³-hybridized carbons (Fsp3) is 0.154. The lowest BCUT2D eigenvalue weighted by Crippen LogP contribution is -2.01. The van der Waals surface area contributed by atoms with Gasteiger partial charge in [-0.15, -0.1) is 0 Å². The first-order chi connectivity index (χ1) is 12.9. The van der Waals surface area contributed by atoms with Gasteiger partial charge in [0.15, 0.2) is 0 Å². The third-order valence-electron chi connectivity index (χ3n) is 5.71. The predicted molar refractivity (Wildman–Crippen MR) is 110 cm³/mol. The highest BCUT2D eigenvalue weighted by molar-refractivity contribution is 5.63. The quantitative estimate of drug-likeness (QED) is 0.518. The van der Waals surface area contributed by atoms with Gasteiger partial charge in [0.25, 0.3) is 0 Å². The Hall–Kier alpha value is -2.86. The van der Waals surface area contributed by atoms with E-state index in [1.807, 2.05) is 0 Å². The van der Waals surface area contributed by atoms with Gasteiger partial charge in [0.1, 0.15) is 0 Å². The minimum absolute atomic E-state index is 0.508. The second kappa shape index (κ2) is 6.46. The highest BCUT2D eigenvalue weighted by Crippen LogP contribution is 2.34. The van der Waals surface area contributed by atoms with Gasteiger partial charge >= 0.3 is 0 Å². The summed E-state index contributed by atoms with van der Waals surface area (Å²) < 4.78 is 0. The van der Waals surface area contributed by atoms with Crippen LogP contribution in [0.5, 0.6) is 0 Å². The van der Waals surface area contributed by atoms with E-state index >= 15 is 0 Å². The molecule has 0 aromatic heterocycles. The molecule has 3 aromatic carbocycles. The number of rotatable bonds is 4. The highest BCUT2D eigenvalue weighted by Gasteiger charge is 2.19. The molecule has 0 N–H and O–H groups in total. The Balaban J connectivity index is 1.34. The molecule has 0 radical (unpaired) electrons. The SMILES string of the molecule is C1=CC(Cc2cccc(CC3C=Cc4ccccc43)c2)c2ccccc21. The minimum Gasteiger partial charge on any atom is -0.0760 e. The summed E-state index contributed by atoms with van der Waals surface area (Å²) in [5.74, 6) is 1.02. The summed E-state index contributed by atoms with van der Waals surface area (Å²) in [6, 6.07) is 26.7. The maximum Gasteiger partial charge on any atom is 0.00676 e. The fourth-order valence-electron chi connectivity index (χ4n) is 4.40. The van der Waals surface area contributed by atoms with Crippen LogP contribution in [0, 0.1) is 0 Å². The Labute approximate surface area is 155 Å². The lowest BCUT2D eigenvalue weighted by Gasteiger charge is -2.14. The minimum atomic E-state index is 0.508. The van der Waals surface area contributed by atoms with Crippen molar-refractivity contribution >= 4 is 12.2 Å². The molecule has 0 bridgehead atoms. The second-order valence-electron chi connectivity index (χ2n) is 7.42. The van der Waals surface area contributed by atoms with E-state index in [0.717, 1.165) is 12.8 Å². The zero-order valence-electron chi connectivity index (χ0n) is 14.8. The van der Waals surface area contributed by atoms with Crippen LogP contribution in [0.15, 0.2) is 84.9 Å². The molecule has 0 heterocycles. The highest BCUT2D eigenvalue weighted by atomic mass is 14.2. The van der Waals surface area contributed by atoms with Crippen molar-refractivity contribution in [2.75, 3.05) is 0 Å². The standard InChI is InChI=1S/C26H22/c1-3-10-25-21(8-1)12-14-23(25)17-19-6-5-7-20(16-19)18-24-15-13-22-9-2-4-11-26(22)24/h1-16,23-24H,17-18H2. The summed E-state index contributed by atoms with van der Waals surface area (Å²) >= 11 is 0. The molecule has 0 aliphatic heterocycles. The topological polar surface area (TPSA) is 0 Å². The molecule has 0 fully saturated rings. The third kappa shape index (κ3) is 2.82. The molecule has 0 saturated carbocycles. The van der Waals surface area contributed by atoms with Crippen molar-refractivity contribution in [3.05, 3.63) is 118 Å². The molecule has 2 unspecified atom stereocenters. The Kier molecular flexibility index (Phi) is 3.83. The molecule has 0 heteroatoms. The van der Waals surface area contributed by atoms with E-state index in [-0.39, 0.29) is 0 Å². The van der Waals surface area contributed by atoms with Gasteiger partial charge in [-0.05, 0) is 46.2 Å². The number of hydrogen-bond acceptors (Lipinski definition) is 0. The molecule has 2 aliphatic carbocycles. The summed E-state index contributed by atoms with van der Waals surface area (Å²) in [5.41, 5.74) is 8.55. The molecule has 2 aliphatic rings. The molecule has 5 rings (SSSR count). The Morgan fingerprint density at radius 1 is 0.538 bits per heavy atom. The van der Waals surface area contributed by atoms with Crippen molar-refractivity contribution in [1.82, 2.24) is 0 Å². The molecule has 0 nitrogen and oxygen atoms in total. The zero-order valence-corrected chi connectivity index (χ0v) is 14.8. The molecule has 0 amide bonds. The first-order valence-electron chi connectivity index (χ1n) is 9.49. The van der Waals surface area contributed by atoms with Crippen LogP contribution >= 0.6 is 0 Å². The van der Waals surface area contributed by atoms with E-state index < -0.39 is 0 Å². The monoisotopic (exact) mass is 334 g/mol. The summed E-state index contributed by atoms with van der Waals surface area (Å²) in [6.07, 6.45) is 11.4. The summed E-state index contributed by atoms with van der Waals surface area (Å²) in [6.45, 7) is 0. The average molecular weight is 334 g/mol. The van der Waals surface area contributed by atoms with Crippen LogP contribution in [0.2, 0.25) is 0 Å². The van der Waals surface area contributed by atoms with Crippen molar-refractivity contribution in [1.29, 1.82) is 0 Å². The normalized spacial score (nSPS) is 19.5. The summed E-state index contributed by atoms with van der Waals surface area (Å²) in [7, 11) is 0. The maximum absolute atomic E-state index is 2.41. The summed E-state index contributed by atoms with van der Waals surface area (Å²) in [4.78, 5) is 0.